The Balaban J connectivity index is 1.91. The largest absolute Gasteiger partial charge is 0.460 e. The highest BCUT2D eigenvalue weighted by molar-refractivity contribution is 5.82. The maximum absolute atomic E-state index is 11.8. The number of esters is 1. The standard InChI is InChI=1S/C24H34O6/c1-18-11-5-2-9-15-21-24(28)22(30-21)17-20(26)14-8-3-6-12-19(25)13-7-4-10-16-23(27)29-18/h3-4,6-10,12,15-16,18-22,24-26,28H,2,5,11,13-14,17H2,1H3/b7-4+,8-3-,12-6+,15-9+,16-10-/t18-,19-,20+,21+,22-,24+/m1/s1. The molecule has 6 heteroatoms. The summed E-state index contributed by atoms with van der Waals surface area (Å²) in [6.45, 7) is 1.86. The van der Waals surface area contributed by atoms with E-state index in [-0.39, 0.29) is 24.3 Å². The number of aliphatic hydroxyl groups excluding tert-OH is 3. The quantitative estimate of drug-likeness (QED) is 0.414. The molecular formula is C24H34O6. The second kappa shape index (κ2) is 13.3. The first-order chi connectivity index (χ1) is 14.5. The van der Waals surface area contributed by atoms with Crippen LogP contribution in [0.25, 0.3) is 0 Å². The van der Waals surface area contributed by atoms with E-state index in [1.54, 1.807) is 36.5 Å². The minimum Gasteiger partial charge on any atom is -0.460 e. The van der Waals surface area contributed by atoms with Crippen LogP contribution >= 0.6 is 0 Å². The average Bonchev–Trinajstić information content (AvgIpc) is 2.70. The SMILES string of the molecule is C[C@@H]1CCC/C=C/[C@@H]2O[C@H](C[C@@H](O)C/C=C\C=C\[C@@H](O)C/C=C/C=C\C(=O)O1)[C@H]2O. The summed E-state index contributed by atoms with van der Waals surface area (Å²) in [7, 11) is 0. The topological polar surface area (TPSA) is 96.2 Å². The summed E-state index contributed by atoms with van der Waals surface area (Å²) in [5.41, 5.74) is 0. The molecular weight excluding hydrogens is 384 g/mol. The molecule has 6 nitrogen and oxygen atoms in total. The Bertz CT molecular complexity index is 663. The normalized spacial score (nSPS) is 40.1. The number of hydrogen-bond donors (Lipinski definition) is 3. The van der Waals surface area contributed by atoms with Gasteiger partial charge in [-0.15, -0.1) is 0 Å². The Morgan fingerprint density at radius 3 is 2.53 bits per heavy atom. The van der Waals surface area contributed by atoms with Crippen LogP contribution in [0.4, 0.5) is 0 Å². The third-order valence-electron chi connectivity index (χ3n) is 5.02. The van der Waals surface area contributed by atoms with Crippen molar-refractivity contribution in [1.29, 1.82) is 0 Å². The minimum absolute atomic E-state index is 0.179. The first-order valence-electron chi connectivity index (χ1n) is 10.7. The summed E-state index contributed by atoms with van der Waals surface area (Å²) in [4.78, 5) is 11.8. The van der Waals surface area contributed by atoms with E-state index in [1.807, 2.05) is 25.2 Å². The Morgan fingerprint density at radius 2 is 1.73 bits per heavy atom. The van der Waals surface area contributed by atoms with Gasteiger partial charge in [-0.05, 0) is 39.0 Å². The van der Waals surface area contributed by atoms with Crippen LogP contribution in [0.3, 0.4) is 0 Å². The second-order valence-corrected chi connectivity index (χ2v) is 7.76. The minimum atomic E-state index is -0.634. The third-order valence-corrected chi connectivity index (χ3v) is 5.02. The molecule has 0 aromatic rings. The lowest BCUT2D eigenvalue weighted by atomic mass is 9.94. The number of rotatable bonds is 0. The molecule has 30 heavy (non-hydrogen) atoms. The van der Waals surface area contributed by atoms with Crippen LogP contribution in [-0.2, 0) is 14.3 Å². The number of aliphatic hydroxyl groups is 3. The van der Waals surface area contributed by atoms with Crippen molar-refractivity contribution < 1.29 is 29.6 Å². The fourth-order valence-electron chi connectivity index (χ4n) is 3.27. The van der Waals surface area contributed by atoms with Crippen molar-refractivity contribution in [3.05, 3.63) is 60.8 Å². The fourth-order valence-corrected chi connectivity index (χ4v) is 3.27. The number of hydrogen-bond acceptors (Lipinski definition) is 6. The van der Waals surface area contributed by atoms with E-state index >= 15 is 0 Å². The van der Waals surface area contributed by atoms with Crippen molar-refractivity contribution in [2.45, 2.75) is 82.1 Å². The lowest BCUT2D eigenvalue weighted by molar-refractivity contribution is -0.209. The number of ether oxygens (including phenoxy) is 2. The summed E-state index contributed by atoms with van der Waals surface area (Å²) in [5.74, 6) is -0.387. The number of allylic oxidation sites excluding steroid dienone is 5. The van der Waals surface area contributed by atoms with E-state index in [1.165, 1.54) is 6.08 Å². The van der Waals surface area contributed by atoms with Crippen molar-refractivity contribution >= 4 is 5.97 Å². The zero-order valence-corrected chi connectivity index (χ0v) is 17.5. The van der Waals surface area contributed by atoms with E-state index < -0.39 is 18.3 Å². The third kappa shape index (κ3) is 9.22. The summed E-state index contributed by atoms with van der Waals surface area (Å²) in [6.07, 6.45) is 18.2. The van der Waals surface area contributed by atoms with E-state index in [4.69, 9.17) is 9.47 Å². The zero-order chi connectivity index (χ0) is 21.8. The monoisotopic (exact) mass is 418 g/mol. The average molecular weight is 419 g/mol. The van der Waals surface area contributed by atoms with Crippen molar-refractivity contribution in [3.8, 4) is 0 Å². The predicted octanol–water partition coefficient (Wildman–Crippen LogP) is 2.90. The molecule has 0 saturated carbocycles. The Morgan fingerprint density at radius 1 is 0.967 bits per heavy atom. The highest BCUT2D eigenvalue weighted by atomic mass is 16.6. The van der Waals surface area contributed by atoms with Gasteiger partial charge in [0.1, 0.15) is 12.2 Å². The van der Waals surface area contributed by atoms with Crippen molar-refractivity contribution in [1.82, 2.24) is 0 Å². The van der Waals surface area contributed by atoms with Gasteiger partial charge in [-0.1, -0.05) is 54.7 Å². The fraction of sp³-hybridized carbons (Fsp3) is 0.542. The van der Waals surface area contributed by atoms with Gasteiger partial charge in [0, 0.05) is 12.5 Å². The lowest BCUT2D eigenvalue weighted by Gasteiger charge is -2.41. The molecule has 0 aliphatic carbocycles. The van der Waals surface area contributed by atoms with Gasteiger partial charge in [0.05, 0.1) is 24.4 Å². The zero-order valence-electron chi connectivity index (χ0n) is 17.5. The Labute approximate surface area is 178 Å². The summed E-state index contributed by atoms with van der Waals surface area (Å²) >= 11 is 0. The molecule has 1 fully saturated rings. The van der Waals surface area contributed by atoms with Crippen molar-refractivity contribution in [2.24, 2.45) is 0 Å². The van der Waals surface area contributed by atoms with Gasteiger partial charge in [0.15, 0.2) is 0 Å². The molecule has 6 atom stereocenters. The predicted molar refractivity (Wildman–Crippen MR) is 116 cm³/mol. The maximum Gasteiger partial charge on any atom is 0.331 e. The van der Waals surface area contributed by atoms with Gasteiger partial charge in [-0.3, -0.25) is 0 Å². The first-order valence-corrected chi connectivity index (χ1v) is 10.7. The van der Waals surface area contributed by atoms with Crippen LogP contribution in [-0.4, -0.2) is 57.9 Å². The van der Waals surface area contributed by atoms with E-state index in [0.717, 1.165) is 19.3 Å². The lowest BCUT2D eigenvalue weighted by Crippen LogP contribution is -2.53. The molecule has 0 radical (unpaired) electrons. The van der Waals surface area contributed by atoms with Crippen LogP contribution in [0.15, 0.2) is 60.8 Å². The van der Waals surface area contributed by atoms with Gasteiger partial charge < -0.3 is 24.8 Å². The van der Waals surface area contributed by atoms with Crippen LogP contribution in [0.2, 0.25) is 0 Å². The molecule has 3 aliphatic heterocycles. The van der Waals surface area contributed by atoms with Gasteiger partial charge >= 0.3 is 5.97 Å². The Hall–Kier alpha value is -1.99. The van der Waals surface area contributed by atoms with Crippen LogP contribution in [0.5, 0.6) is 0 Å². The number of fused-ring (bicyclic) bond motifs is 15. The molecule has 0 aromatic heterocycles. The van der Waals surface area contributed by atoms with Crippen LogP contribution in [0, 0.1) is 0 Å². The molecule has 2 bridgehead atoms. The van der Waals surface area contributed by atoms with Gasteiger partial charge in [-0.2, -0.15) is 0 Å². The number of carbonyl (C=O) groups excluding carboxylic acids is 1. The highest BCUT2D eigenvalue weighted by Crippen LogP contribution is 2.27. The molecule has 0 amide bonds. The van der Waals surface area contributed by atoms with Gasteiger partial charge in [-0.25, -0.2) is 4.79 Å². The van der Waals surface area contributed by atoms with Crippen molar-refractivity contribution in [3.63, 3.8) is 0 Å². The second-order valence-electron chi connectivity index (χ2n) is 7.76. The number of carbonyl (C=O) groups is 1. The summed E-state index contributed by atoms with van der Waals surface area (Å²) < 4.78 is 11.0. The van der Waals surface area contributed by atoms with Crippen LogP contribution < -0.4 is 0 Å². The smallest absolute Gasteiger partial charge is 0.331 e. The van der Waals surface area contributed by atoms with Gasteiger partial charge in [0.25, 0.3) is 0 Å². The molecule has 0 aromatic carbocycles. The molecule has 0 unspecified atom stereocenters. The van der Waals surface area contributed by atoms with Crippen LogP contribution in [0.1, 0.15) is 45.4 Å². The molecule has 3 heterocycles. The molecule has 166 valence electrons. The Kier molecular flexibility index (Phi) is 10.8. The summed E-state index contributed by atoms with van der Waals surface area (Å²) in [6, 6.07) is 0. The maximum atomic E-state index is 11.8. The molecule has 3 N–H and O–H groups in total. The van der Waals surface area contributed by atoms with Gasteiger partial charge in [0.2, 0.25) is 0 Å². The summed E-state index contributed by atoms with van der Waals surface area (Å²) in [5, 5.41) is 30.2. The van der Waals surface area contributed by atoms with E-state index in [9.17, 15) is 20.1 Å². The van der Waals surface area contributed by atoms with Crippen molar-refractivity contribution in [2.75, 3.05) is 0 Å². The van der Waals surface area contributed by atoms with E-state index in [0.29, 0.717) is 19.3 Å². The van der Waals surface area contributed by atoms with E-state index in [2.05, 4.69) is 0 Å². The molecule has 0 spiro atoms. The highest BCUT2D eigenvalue weighted by Gasteiger charge is 2.40. The molecule has 1 saturated heterocycles. The molecule has 3 rings (SSSR count). The first kappa shape index (κ1) is 24.3. The molecule has 3 aliphatic rings.